The van der Waals surface area contributed by atoms with Crippen molar-refractivity contribution in [2.75, 3.05) is 31.1 Å². The Bertz CT molecular complexity index is 427. The predicted octanol–water partition coefficient (Wildman–Crippen LogP) is 0.142. The van der Waals surface area contributed by atoms with Gasteiger partial charge in [-0.25, -0.2) is 15.8 Å². The minimum absolute atomic E-state index is 0.0264. The second-order valence-electron chi connectivity index (χ2n) is 3.71. The van der Waals surface area contributed by atoms with Crippen LogP contribution in [0.1, 0.15) is 6.92 Å². The van der Waals surface area contributed by atoms with Crippen LogP contribution in [0.15, 0.2) is 6.33 Å². The number of nitrogens with two attached hydrogens (primary N) is 1. The minimum atomic E-state index is -0.569. The molecule has 0 radical (unpaired) electrons. The molecule has 18 heavy (non-hydrogen) atoms. The van der Waals surface area contributed by atoms with Crippen molar-refractivity contribution < 1.29 is 9.66 Å². The lowest BCUT2D eigenvalue weighted by Crippen LogP contribution is -2.34. The number of anilines is 2. The van der Waals surface area contributed by atoms with Gasteiger partial charge in [-0.05, 0) is 6.92 Å². The van der Waals surface area contributed by atoms with Crippen molar-refractivity contribution in [3.63, 3.8) is 0 Å². The zero-order valence-electron chi connectivity index (χ0n) is 10.5. The van der Waals surface area contributed by atoms with Crippen molar-refractivity contribution in [2.24, 2.45) is 5.84 Å². The zero-order chi connectivity index (χ0) is 13.7. The van der Waals surface area contributed by atoms with Crippen LogP contribution in [0.5, 0.6) is 0 Å². The Morgan fingerprint density at radius 2 is 2.33 bits per heavy atom. The van der Waals surface area contributed by atoms with Crippen molar-refractivity contribution in [1.82, 2.24) is 9.97 Å². The van der Waals surface area contributed by atoms with Gasteiger partial charge in [0.15, 0.2) is 0 Å². The van der Waals surface area contributed by atoms with Gasteiger partial charge in [0.2, 0.25) is 11.6 Å². The number of nitro groups is 1. The maximum Gasteiger partial charge on any atom is 0.354 e. The summed E-state index contributed by atoms with van der Waals surface area (Å²) in [6, 6.07) is -0.0748. The van der Waals surface area contributed by atoms with Crippen LogP contribution in [0.25, 0.3) is 0 Å². The first-order chi connectivity index (χ1) is 8.52. The largest absolute Gasteiger partial charge is 0.383 e. The molecule has 0 saturated heterocycles. The third kappa shape index (κ3) is 2.81. The topological polar surface area (TPSA) is 119 Å². The molecule has 3 N–H and O–H groups in total. The molecule has 1 rings (SSSR count). The smallest absolute Gasteiger partial charge is 0.354 e. The molecule has 1 atom stereocenters. The highest BCUT2D eigenvalue weighted by Gasteiger charge is 2.27. The summed E-state index contributed by atoms with van der Waals surface area (Å²) in [5.41, 5.74) is 1.93. The van der Waals surface area contributed by atoms with Crippen molar-refractivity contribution in [2.45, 2.75) is 13.0 Å². The molecule has 0 aromatic carbocycles. The lowest BCUT2D eigenvalue weighted by atomic mass is 10.3. The van der Waals surface area contributed by atoms with E-state index in [9.17, 15) is 10.1 Å². The van der Waals surface area contributed by atoms with E-state index < -0.39 is 4.92 Å². The van der Waals surface area contributed by atoms with E-state index in [0.717, 1.165) is 0 Å². The van der Waals surface area contributed by atoms with Gasteiger partial charge in [-0.3, -0.25) is 10.1 Å². The van der Waals surface area contributed by atoms with E-state index in [-0.39, 0.29) is 23.4 Å². The molecule has 1 aromatic rings. The molecule has 1 heterocycles. The lowest BCUT2D eigenvalue weighted by molar-refractivity contribution is -0.383. The minimum Gasteiger partial charge on any atom is -0.383 e. The van der Waals surface area contributed by atoms with Gasteiger partial charge in [0.25, 0.3) is 0 Å². The highest BCUT2D eigenvalue weighted by Crippen LogP contribution is 2.31. The van der Waals surface area contributed by atoms with Crippen LogP contribution in [0, 0.1) is 10.1 Å². The Morgan fingerprint density at radius 1 is 1.67 bits per heavy atom. The van der Waals surface area contributed by atoms with Crippen molar-refractivity contribution in [3.05, 3.63) is 16.4 Å². The van der Waals surface area contributed by atoms with Gasteiger partial charge in [0, 0.05) is 14.2 Å². The average Bonchev–Trinajstić information content (AvgIpc) is 2.36. The quantitative estimate of drug-likeness (QED) is 0.419. The third-order valence-electron chi connectivity index (χ3n) is 2.53. The maximum absolute atomic E-state index is 11.1. The van der Waals surface area contributed by atoms with Crippen LogP contribution in [0.4, 0.5) is 17.3 Å². The molecule has 0 fully saturated rings. The van der Waals surface area contributed by atoms with Crippen LogP contribution < -0.4 is 16.2 Å². The molecule has 0 aliphatic rings. The number of nitrogens with zero attached hydrogens (tertiary/aromatic N) is 4. The Labute approximate surface area is 104 Å². The lowest BCUT2D eigenvalue weighted by Gasteiger charge is -2.24. The maximum atomic E-state index is 11.1. The molecule has 0 aliphatic carbocycles. The number of rotatable bonds is 6. The summed E-state index contributed by atoms with van der Waals surface area (Å²) in [6.45, 7) is 2.29. The summed E-state index contributed by atoms with van der Waals surface area (Å²) in [5.74, 6) is 5.37. The fourth-order valence-electron chi connectivity index (χ4n) is 1.46. The number of methoxy groups -OCH3 is 1. The van der Waals surface area contributed by atoms with Gasteiger partial charge in [-0.15, -0.1) is 0 Å². The number of nitrogen functional groups attached to an aromatic ring is 1. The van der Waals surface area contributed by atoms with E-state index in [1.165, 1.54) is 6.33 Å². The normalized spacial score (nSPS) is 12.0. The first-order valence-corrected chi connectivity index (χ1v) is 5.20. The Morgan fingerprint density at radius 3 is 2.83 bits per heavy atom. The van der Waals surface area contributed by atoms with E-state index in [0.29, 0.717) is 6.61 Å². The van der Waals surface area contributed by atoms with E-state index in [1.807, 2.05) is 6.92 Å². The third-order valence-corrected chi connectivity index (χ3v) is 2.53. The molecular weight excluding hydrogens is 240 g/mol. The average molecular weight is 256 g/mol. The summed E-state index contributed by atoms with van der Waals surface area (Å²) in [4.78, 5) is 19.8. The second kappa shape index (κ2) is 6.07. The van der Waals surface area contributed by atoms with Gasteiger partial charge in [-0.2, -0.15) is 0 Å². The SMILES string of the molecule is COCC(C)N(C)c1ncnc(NN)c1[N+](=O)[O-]. The van der Waals surface area contributed by atoms with E-state index in [4.69, 9.17) is 10.6 Å². The van der Waals surface area contributed by atoms with Gasteiger partial charge in [-0.1, -0.05) is 0 Å². The fraction of sp³-hybridized carbons (Fsp3) is 0.556. The number of likely N-dealkylation sites (N-methyl/N-ethyl adjacent to an activating group) is 1. The molecule has 9 heteroatoms. The molecule has 0 amide bonds. The van der Waals surface area contributed by atoms with Crippen LogP contribution >= 0.6 is 0 Å². The summed E-state index contributed by atoms with van der Waals surface area (Å²) < 4.78 is 5.01. The first-order valence-electron chi connectivity index (χ1n) is 5.20. The Balaban J connectivity index is 3.19. The number of hydrazine groups is 1. The molecule has 1 aromatic heterocycles. The van der Waals surface area contributed by atoms with E-state index in [1.54, 1.807) is 19.1 Å². The first kappa shape index (κ1) is 14.1. The van der Waals surface area contributed by atoms with Crippen LogP contribution in [-0.2, 0) is 4.74 Å². The molecule has 0 saturated carbocycles. The number of ether oxygens (including phenoxy) is 1. The van der Waals surface area contributed by atoms with E-state index in [2.05, 4.69) is 15.4 Å². The summed E-state index contributed by atoms with van der Waals surface area (Å²) in [7, 11) is 3.25. The highest BCUT2D eigenvalue weighted by atomic mass is 16.6. The molecular formula is C9H16N6O3. The highest BCUT2D eigenvalue weighted by molar-refractivity contribution is 5.69. The number of aromatic nitrogens is 2. The van der Waals surface area contributed by atoms with Gasteiger partial charge >= 0.3 is 5.69 Å². The van der Waals surface area contributed by atoms with Crippen molar-refractivity contribution in [3.8, 4) is 0 Å². The monoisotopic (exact) mass is 256 g/mol. The molecule has 1 unspecified atom stereocenters. The van der Waals surface area contributed by atoms with Crippen LogP contribution in [0.3, 0.4) is 0 Å². The second-order valence-corrected chi connectivity index (χ2v) is 3.71. The summed E-state index contributed by atoms with van der Waals surface area (Å²) in [6.07, 6.45) is 1.22. The number of nitrogens with one attached hydrogen (secondary N) is 1. The molecule has 0 bridgehead atoms. The number of hydrogen-bond acceptors (Lipinski definition) is 8. The molecule has 0 spiro atoms. The fourth-order valence-corrected chi connectivity index (χ4v) is 1.46. The molecule has 9 nitrogen and oxygen atoms in total. The summed E-state index contributed by atoms with van der Waals surface area (Å²) >= 11 is 0. The van der Waals surface area contributed by atoms with Crippen molar-refractivity contribution in [1.29, 1.82) is 0 Å². The van der Waals surface area contributed by atoms with Crippen molar-refractivity contribution >= 4 is 17.3 Å². The van der Waals surface area contributed by atoms with Crippen LogP contribution in [0.2, 0.25) is 0 Å². The Kier molecular flexibility index (Phi) is 4.75. The Hall–Kier alpha value is -2.00. The van der Waals surface area contributed by atoms with E-state index >= 15 is 0 Å². The molecule has 0 aliphatic heterocycles. The predicted molar refractivity (Wildman–Crippen MR) is 66.2 cm³/mol. The standard InChI is InChI=1S/C9H16N6O3/c1-6(4-18-3)14(2)9-7(15(16)17)8(13-10)11-5-12-9/h5-6H,4,10H2,1-3H3,(H,11,12,13). The number of hydrogen-bond donors (Lipinski definition) is 2. The molecule has 100 valence electrons. The van der Waals surface area contributed by atoms with Gasteiger partial charge in [0.1, 0.15) is 6.33 Å². The zero-order valence-corrected chi connectivity index (χ0v) is 10.5. The summed E-state index contributed by atoms with van der Waals surface area (Å²) in [5, 5.41) is 11.1. The van der Waals surface area contributed by atoms with Gasteiger partial charge in [0.05, 0.1) is 17.6 Å². The van der Waals surface area contributed by atoms with Gasteiger partial charge < -0.3 is 15.1 Å². The van der Waals surface area contributed by atoms with Crippen LogP contribution in [-0.4, -0.2) is 41.7 Å².